The van der Waals surface area contributed by atoms with Gasteiger partial charge in [0.15, 0.2) is 0 Å². The van der Waals surface area contributed by atoms with E-state index in [1.54, 1.807) is 30.3 Å². The highest BCUT2D eigenvalue weighted by atomic mass is 16.4. The standard InChI is InChI=1S/C20H31N5O5/c21-11-5-4-8-14(22)18(27)24-15(9-10-17(23)26)19(28)25-16(20(29)30)12-13-6-2-1-3-7-13/h1-3,6-7,14-16H,4-5,8-12,21-22H2,(H2,23,26)(H,24,27)(H,25,28)(H,29,30). The maximum absolute atomic E-state index is 12.7. The second-order valence-electron chi connectivity index (χ2n) is 7.05. The third kappa shape index (κ3) is 9.48. The van der Waals surface area contributed by atoms with Crippen molar-refractivity contribution in [1.82, 2.24) is 10.6 Å². The summed E-state index contributed by atoms with van der Waals surface area (Å²) in [5.74, 6) is -3.15. The first-order valence-corrected chi connectivity index (χ1v) is 9.86. The number of nitrogens with one attached hydrogen (secondary N) is 2. The van der Waals surface area contributed by atoms with E-state index in [1.807, 2.05) is 0 Å². The summed E-state index contributed by atoms with van der Waals surface area (Å²) in [6.07, 6.45) is 1.60. The first kappa shape index (κ1) is 25.1. The lowest BCUT2D eigenvalue weighted by atomic mass is 10.0. The van der Waals surface area contributed by atoms with E-state index >= 15 is 0 Å². The highest BCUT2D eigenvalue weighted by molar-refractivity contribution is 5.92. The molecule has 3 atom stereocenters. The van der Waals surface area contributed by atoms with Gasteiger partial charge in [0, 0.05) is 12.8 Å². The molecule has 9 N–H and O–H groups in total. The summed E-state index contributed by atoms with van der Waals surface area (Å²) in [4.78, 5) is 47.7. The molecular formula is C20H31N5O5. The van der Waals surface area contributed by atoms with Crippen molar-refractivity contribution in [1.29, 1.82) is 0 Å². The molecule has 0 aromatic heterocycles. The summed E-state index contributed by atoms with van der Waals surface area (Å²) >= 11 is 0. The Hall–Kier alpha value is -2.98. The molecule has 0 heterocycles. The predicted molar refractivity (Wildman–Crippen MR) is 111 cm³/mol. The Kier molecular flexibility index (Phi) is 11.1. The Bertz CT molecular complexity index is 713. The van der Waals surface area contributed by atoms with E-state index in [4.69, 9.17) is 17.2 Å². The molecule has 30 heavy (non-hydrogen) atoms. The van der Waals surface area contributed by atoms with Gasteiger partial charge in [0.25, 0.3) is 0 Å². The summed E-state index contributed by atoms with van der Waals surface area (Å²) in [7, 11) is 0. The molecule has 0 saturated carbocycles. The number of amides is 3. The summed E-state index contributed by atoms with van der Waals surface area (Å²) in [5.41, 5.74) is 17.1. The molecule has 0 aliphatic carbocycles. The number of hydrogen-bond acceptors (Lipinski definition) is 6. The van der Waals surface area contributed by atoms with Gasteiger partial charge in [-0.1, -0.05) is 36.8 Å². The van der Waals surface area contributed by atoms with Crippen LogP contribution >= 0.6 is 0 Å². The van der Waals surface area contributed by atoms with E-state index in [2.05, 4.69) is 10.6 Å². The molecule has 0 saturated heterocycles. The van der Waals surface area contributed by atoms with Crippen LogP contribution in [-0.4, -0.2) is 53.5 Å². The van der Waals surface area contributed by atoms with Crippen molar-refractivity contribution in [3.05, 3.63) is 35.9 Å². The van der Waals surface area contributed by atoms with Gasteiger partial charge in [-0.05, 0) is 31.4 Å². The second kappa shape index (κ2) is 13.3. The Balaban J connectivity index is 2.80. The topological polar surface area (TPSA) is 191 Å². The Morgan fingerprint density at radius 1 is 0.933 bits per heavy atom. The molecule has 0 aliphatic heterocycles. The molecule has 0 bridgehead atoms. The highest BCUT2D eigenvalue weighted by Crippen LogP contribution is 2.06. The number of primary amides is 1. The van der Waals surface area contributed by atoms with E-state index in [0.717, 1.165) is 5.56 Å². The molecule has 1 rings (SSSR count). The zero-order valence-electron chi connectivity index (χ0n) is 16.9. The molecule has 1 aromatic rings. The molecule has 166 valence electrons. The fraction of sp³-hybridized carbons (Fsp3) is 0.500. The molecule has 0 fully saturated rings. The van der Waals surface area contributed by atoms with Crippen LogP contribution in [0.25, 0.3) is 0 Å². The van der Waals surface area contributed by atoms with Gasteiger partial charge in [-0.3, -0.25) is 14.4 Å². The predicted octanol–water partition coefficient (Wildman–Crippen LogP) is -0.995. The van der Waals surface area contributed by atoms with Gasteiger partial charge >= 0.3 is 5.97 Å². The molecule has 1 aromatic carbocycles. The maximum Gasteiger partial charge on any atom is 0.326 e. The summed E-state index contributed by atoms with van der Waals surface area (Å²) < 4.78 is 0. The largest absolute Gasteiger partial charge is 0.480 e. The maximum atomic E-state index is 12.7. The van der Waals surface area contributed by atoms with Crippen molar-refractivity contribution in [3.8, 4) is 0 Å². The zero-order valence-corrected chi connectivity index (χ0v) is 16.9. The van der Waals surface area contributed by atoms with Crippen molar-refractivity contribution in [2.75, 3.05) is 6.54 Å². The zero-order chi connectivity index (χ0) is 22.5. The van der Waals surface area contributed by atoms with Crippen LogP contribution in [0.3, 0.4) is 0 Å². The SMILES string of the molecule is NCCCCC(N)C(=O)NC(CCC(N)=O)C(=O)NC(Cc1ccccc1)C(=O)O. The van der Waals surface area contributed by atoms with Crippen LogP contribution in [-0.2, 0) is 25.6 Å². The van der Waals surface area contributed by atoms with Crippen molar-refractivity contribution in [3.63, 3.8) is 0 Å². The van der Waals surface area contributed by atoms with Gasteiger partial charge in [-0.25, -0.2) is 4.79 Å². The minimum absolute atomic E-state index is 0.0665. The first-order valence-electron chi connectivity index (χ1n) is 9.86. The fourth-order valence-electron chi connectivity index (χ4n) is 2.80. The Morgan fingerprint density at radius 2 is 1.57 bits per heavy atom. The first-order chi connectivity index (χ1) is 14.2. The third-order valence-corrected chi connectivity index (χ3v) is 4.52. The smallest absolute Gasteiger partial charge is 0.326 e. The van der Waals surface area contributed by atoms with Gasteiger partial charge in [-0.15, -0.1) is 0 Å². The summed E-state index contributed by atoms with van der Waals surface area (Å²) in [6, 6.07) is 5.62. The van der Waals surface area contributed by atoms with Gasteiger partial charge < -0.3 is 32.9 Å². The summed E-state index contributed by atoms with van der Waals surface area (Å²) in [6.45, 7) is 0.482. The van der Waals surface area contributed by atoms with E-state index in [1.165, 1.54) is 0 Å². The Morgan fingerprint density at radius 3 is 2.13 bits per heavy atom. The van der Waals surface area contributed by atoms with Gasteiger partial charge in [0.05, 0.1) is 6.04 Å². The van der Waals surface area contributed by atoms with Crippen molar-refractivity contribution < 1.29 is 24.3 Å². The number of unbranched alkanes of at least 4 members (excludes halogenated alkanes) is 1. The molecule has 10 nitrogen and oxygen atoms in total. The third-order valence-electron chi connectivity index (χ3n) is 4.52. The van der Waals surface area contributed by atoms with Crippen molar-refractivity contribution in [2.24, 2.45) is 17.2 Å². The number of carbonyl (C=O) groups is 4. The van der Waals surface area contributed by atoms with Crippen LogP contribution in [0.5, 0.6) is 0 Å². The minimum Gasteiger partial charge on any atom is -0.480 e. The lowest BCUT2D eigenvalue weighted by Crippen LogP contribution is -2.55. The van der Waals surface area contributed by atoms with E-state index in [9.17, 15) is 24.3 Å². The quantitative estimate of drug-likeness (QED) is 0.208. The van der Waals surface area contributed by atoms with Gasteiger partial charge in [0.1, 0.15) is 12.1 Å². The van der Waals surface area contributed by atoms with Crippen LogP contribution < -0.4 is 27.8 Å². The number of carboxylic acids is 1. The second-order valence-corrected chi connectivity index (χ2v) is 7.05. The fourth-order valence-corrected chi connectivity index (χ4v) is 2.80. The van der Waals surface area contributed by atoms with Crippen LogP contribution in [0, 0.1) is 0 Å². The van der Waals surface area contributed by atoms with Crippen LogP contribution in [0.1, 0.15) is 37.7 Å². The molecular weight excluding hydrogens is 390 g/mol. The van der Waals surface area contributed by atoms with Crippen LogP contribution in [0.2, 0.25) is 0 Å². The van der Waals surface area contributed by atoms with Gasteiger partial charge in [0.2, 0.25) is 17.7 Å². The monoisotopic (exact) mass is 421 g/mol. The van der Waals surface area contributed by atoms with Crippen molar-refractivity contribution >= 4 is 23.7 Å². The molecule has 0 aliphatic rings. The average molecular weight is 421 g/mol. The number of rotatable bonds is 14. The van der Waals surface area contributed by atoms with E-state index in [-0.39, 0.29) is 19.3 Å². The molecule has 3 unspecified atom stereocenters. The number of carboxylic acid groups (broad SMARTS) is 1. The molecule has 10 heteroatoms. The molecule has 0 radical (unpaired) electrons. The number of carbonyl (C=O) groups excluding carboxylic acids is 3. The highest BCUT2D eigenvalue weighted by Gasteiger charge is 2.28. The number of nitrogens with two attached hydrogens (primary N) is 3. The normalized spacial score (nSPS) is 13.7. The Labute approximate surface area is 175 Å². The van der Waals surface area contributed by atoms with Crippen LogP contribution in [0.15, 0.2) is 30.3 Å². The summed E-state index contributed by atoms with van der Waals surface area (Å²) in [5, 5.41) is 14.4. The average Bonchev–Trinajstić information content (AvgIpc) is 2.70. The number of benzene rings is 1. The van der Waals surface area contributed by atoms with E-state index in [0.29, 0.717) is 25.8 Å². The lowest BCUT2D eigenvalue weighted by Gasteiger charge is -2.23. The van der Waals surface area contributed by atoms with E-state index < -0.39 is 41.8 Å². The van der Waals surface area contributed by atoms with Gasteiger partial charge in [-0.2, -0.15) is 0 Å². The number of aliphatic carboxylic acids is 1. The van der Waals surface area contributed by atoms with Crippen LogP contribution in [0.4, 0.5) is 0 Å². The molecule has 3 amide bonds. The minimum atomic E-state index is -1.22. The lowest BCUT2D eigenvalue weighted by molar-refractivity contribution is -0.142. The van der Waals surface area contributed by atoms with Crippen molar-refractivity contribution in [2.45, 2.75) is 56.7 Å². The molecule has 0 spiro atoms. The number of hydrogen-bond donors (Lipinski definition) is 6.